The van der Waals surface area contributed by atoms with Crippen molar-refractivity contribution in [2.45, 2.75) is 77.2 Å². The summed E-state index contributed by atoms with van der Waals surface area (Å²) in [5.74, 6) is 0.895. The van der Waals surface area contributed by atoms with Crippen LogP contribution in [0.1, 0.15) is 63.3 Å². The molecule has 2 N–H and O–H groups in total. The van der Waals surface area contributed by atoms with Gasteiger partial charge in [-0.15, -0.1) is 24.0 Å². The van der Waals surface area contributed by atoms with E-state index in [2.05, 4.69) is 76.7 Å². The monoisotopic (exact) mass is 536 g/mol. The van der Waals surface area contributed by atoms with Crippen LogP contribution in [0.3, 0.4) is 0 Å². The standard InChI is InChI=1S/C24H36N6.HI/c1-3-25-24(26-16-21-13-14-30(28-21)23-11-7-8-12-23)27-22-15-19(2)29(18-22)17-20-9-5-4-6-10-20;/h4-6,9-10,13-14,19,22-23H,3,7-8,11-12,15-18H2,1-2H3,(H2,25,26,27);1H. The van der Waals surface area contributed by atoms with Crippen LogP contribution in [0.15, 0.2) is 47.6 Å². The third-order valence-corrected chi connectivity index (χ3v) is 6.38. The third kappa shape index (κ3) is 6.68. The SMILES string of the molecule is CCNC(=NCc1ccn(C2CCCC2)n1)NC1CC(C)N(Cc2ccccc2)C1.I. The van der Waals surface area contributed by atoms with Crippen LogP contribution in [-0.2, 0) is 13.1 Å². The summed E-state index contributed by atoms with van der Waals surface area (Å²) < 4.78 is 2.15. The molecule has 0 spiro atoms. The van der Waals surface area contributed by atoms with Crippen LogP contribution in [-0.4, -0.2) is 45.8 Å². The van der Waals surface area contributed by atoms with Crippen LogP contribution < -0.4 is 10.6 Å². The van der Waals surface area contributed by atoms with Crippen LogP contribution in [0.5, 0.6) is 0 Å². The van der Waals surface area contributed by atoms with E-state index < -0.39 is 0 Å². The number of rotatable bonds is 7. The van der Waals surface area contributed by atoms with Gasteiger partial charge in [0, 0.05) is 37.9 Å². The Kier molecular flexibility index (Phi) is 9.19. The molecule has 6 nitrogen and oxygen atoms in total. The number of nitrogens with one attached hydrogen (secondary N) is 2. The summed E-state index contributed by atoms with van der Waals surface area (Å²) in [5, 5.41) is 11.8. The van der Waals surface area contributed by atoms with Crippen molar-refractivity contribution in [1.29, 1.82) is 0 Å². The van der Waals surface area contributed by atoms with Crippen LogP contribution in [0.25, 0.3) is 0 Å². The van der Waals surface area contributed by atoms with Crippen LogP contribution in [0.4, 0.5) is 0 Å². The van der Waals surface area contributed by atoms with Crippen LogP contribution >= 0.6 is 24.0 Å². The second kappa shape index (κ2) is 11.9. The van der Waals surface area contributed by atoms with Gasteiger partial charge in [-0.2, -0.15) is 5.10 Å². The maximum Gasteiger partial charge on any atom is 0.191 e. The molecule has 7 heteroatoms. The minimum atomic E-state index is 0. The van der Waals surface area contributed by atoms with Gasteiger partial charge < -0.3 is 10.6 Å². The molecular weight excluding hydrogens is 499 g/mol. The van der Waals surface area contributed by atoms with Crippen molar-refractivity contribution in [2.75, 3.05) is 13.1 Å². The molecule has 1 aromatic heterocycles. The molecule has 170 valence electrons. The quantitative estimate of drug-likeness (QED) is 0.314. The zero-order valence-electron chi connectivity index (χ0n) is 18.8. The van der Waals surface area contributed by atoms with E-state index in [-0.39, 0.29) is 24.0 Å². The average Bonchev–Trinajstić information content (AvgIpc) is 3.49. The van der Waals surface area contributed by atoms with E-state index in [1.165, 1.54) is 31.2 Å². The van der Waals surface area contributed by atoms with Crippen molar-refractivity contribution in [3.05, 3.63) is 53.9 Å². The predicted octanol–water partition coefficient (Wildman–Crippen LogP) is 4.33. The van der Waals surface area contributed by atoms with Crippen molar-refractivity contribution < 1.29 is 0 Å². The largest absolute Gasteiger partial charge is 0.357 e. The van der Waals surface area contributed by atoms with Gasteiger partial charge in [-0.1, -0.05) is 43.2 Å². The molecule has 0 radical (unpaired) electrons. The summed E-state index contributed by atoms with van der Waals surface area (Å²) in [6, 6.07) is 14.4. The Morgan fingerprint density at radius 3 is 2.68 bits per heavy atom. The Balaban J connectivity index is 0.00000272. The summed E-state index contributed by atoms with van der Waals surface area (Å²) in [6.07, 6.45) is 8.43. The Labute approximate surface area is 203 Å². The molecule has 4 rings (SSSR count). The summed E-state index contributed by atoms with van der Waals surface area (Å²) in [4.78, 5) is 7.38. The zero-order chi connectivity index (χ0) is 20.8. The lowest BCUT2D eigenvalue weighted by Gasteiger charge is -2.21. The summed E-state index contributed by atoms with van der Waals surface area (Å²) in [6.45, 7) is 7.96. The molecular formula is C24H37IN6. The number of guanidine groups is 1. The molecule has 2 fully saturated rings. The molecule has 2 aliphatic rings. The molecule has 2 unspecified atom stereocenters. The first kappa shape index (κ1) is 24.0. The van der Waals surface area contributed by atoms with Gasteiger partial charge in [0.05, 0.1) is 18.3 Å². The summed E-state index contributed by atoms with van der Waals surface area (Å²) in [7, 11) is 0. The second-order valence-corrected chi connectivity index (χ2v) is 8.76. The molecule has 2 aromatic rings. The van der Waals surface area contributed by atoms with E-state index in [4.69, 9.17) is 10.1 Å². The maximum atomic E-state index is 4.82. The molecule has 1 saturated carbocycles. The minimum Gasteiger partial charge on any atom is -0.357 e. The zero-order valence-corrected chi connectivity index (χ0v) is 21.2. The number of likely N-dealkylation sites (tertiary alicyclic amines) is 1. The van der Waals surface area contributed by atoms with Gasteiger partial charge in [0.15, 0.2) is 5.96 Å². The fourth-order valence-electron chi connectivity index (χ4n) is 4.75. The van der Waals surface area contributed by atoms with Crippen molar-refractivity contribution in [1.82, 2.24) is 25.3 Å². The number of aromatic nitrogens is 2. The topological polar surface area (TPSA) is 57.5 Å². The Bertz CT molecular complexity index is 814. The summed E-state index contributed by atoms with van der Waals surface area (Å²) in [5.41, 5.74) is 2.42. The van der Waals surface area contributed by atoms with E-state index in [1.54, 1.807) is 0 Å². The number of hydrogen-bond acceptors (Lipinski definition) is 3. The molecule has 31 heavy (non-hydrogen) atoms. The van der Waals surface area contributed by atoms with Gasteiger partial charge in [-0.3, -0.25) is 9.58 Å². The predicted molar refractivity (Wildman–Crippen MR) is 138 cm³/mol. The number of benzene rings is 1. The normalized spacial score (nSPS) is 22.5. The number of nitrogens with zero attached hydrogens (tertiary/aromatic N) is 4. The molecule has 1 aromatic carbocycles. The van der Waals surface area contributed by atoms with E-state index in [1.807, 2.05) is 0 Å². The lowest BCUT2D eigenvalue weighted by atomic mass is 10.2. The lowest BCUT2D eigenvalue weighted by molar-refractivity contribution is 0.258. The van der Waals surface area contributed by atoms with Gasteiger partial charge in [-0.25, -0.2) is 4.99 Å². The fraction of sp³-hybridized carbons (Fsp3) is 0.583. The first-order valence-corrected chi connectivity index (χ1v) is 11.6. The van der Waals surface area contributed by atoms with Crippen molar-refractivity contribution >= 4 is 29.9 Å². The van der Waals surface area contributed by atoms with Crippen molar-refractivity contribution in [3.8, 4) is 0 Å². The highest BCUT2D eigenvalue weighted by atomic mass is 127. The fourth-order valence-corrected chi connectivity index (χ4v) is 4.75. The van der Waals surface area contributed by atoms with Crippen molar-refractivity contribution in [2.24, 2.45) is 4.99 Å². The Hall–Kier alpha value is -1.61. The number of hydrogen-bond donors (Lipinski definition) is 2. The Morgan fingerprint density at radius 1 is 1.16 bits per heavy atom. The van der Waals surface area contributed by atoms with Gasteiger partial charge in [0.25, 0.3) is 0 Å². The van der Waals surface area contributed by atoms with Crippen molar-refractivity contribution in [3.63, 3.8) is 0 Å². The maximum absolute atomic E-state index is 4.82. The van der Waals surface area contributed by atoms with E-state index >= 15 is 0 Å². The highest BCUT2D eigenvalue weighted by Crippen LogP contribution is 2.28. The highest BCUT2D eigenvalue weighted by molar-refractivity contribution is 14.0. The molecule has 2 heterocycles. The first-order valence-electron chi connectivity index (χ1n) is 11.6. The smallest absolute Gasteiger partial charge is 0.191 e. The van der Waals surface area contributed by atoms with E-state index in [0.717, 1.165) is 37.7 Å². The van der Waals surface area contributed by atoms with E-state index in [9.17, 15) is 0 Å². The highest BCUT2D eigenvalue weighted by Gasteiger charge is 2.29. The Morgan fingerprint density at radius 2 is 1.94 bits per heavy atom. The second-order valence-electron chi connectivity index (χ2n) is 8.76. The minimum absolute atomic E-state index is 0. The first-order chi connectivity index (χ1) is 14.7. The third-order valence-electron chi connectivity index (χ3n) is 6.38. The molecule has 1 saturated heterocycles. The molecule has 1 aliphatic carbocycles. The van der Waals surface area contributed by atoms with Gasteiger partial charge in [0.2, 0.25) is 0 Å². The van der Waals surface area contributed by atoms with Gasteiger partial charge >= 0.3 is 0 Å². The molecule has 2 atom stereocenters. The summed E-state index contributed by atoms with van der Waals surface area (Å²) >= 11 is 0. The van der Waals surface area contributed by atoms with E-state index in [0.29, 0.717) is 24.7 Å². The lowest BCUT2D eigenvalue weighted by Crippen LogP contribution is -2.44. The van der Waals surface area contributed by atoms with Gasteiger partial charge in [0.1, 0.15) is 0 Å². The molecule has 0 amide bonds. The average molecular weight is 537 g/mol. The number of halogens is 1. The van der Waals surface area contributed by atoms with Crippen LogP contribution in [0, 0.1) is 0 Å². The molecule has 1 aliphatic heterocycles. The van der Waals surface area contributed by atoms with Gasteiger partial charge in [-0.05, 0) is 44.7 Å². The van der Waals surface area contributed by atoms with Crippen LogP contribution in [0.2, 0.25) is 0 Å². The molecule has 0 bridgehead atoms. The number of aliphatic imine (C=N–C) groups is 1.